The molecule has 1 atom stereocenters. The lowest BCUT2D eigenvalue weighted by Crippen LogP contribution is -2.27. The van der Waals surface area contributed by atoms with Gasteiger partial charge >= 0.3 is 0 Å². The Labute approximate surface area is 184 Å². The third-order valence-electron chi connectivity index (χ3n) is 5.51. The summed E-state index contributed by atoms with van der Waals surface area (Å²) in [6.07, 6.45) is 0. The molecule has 0 heterocycles. The van der Waals surface area contributed by atoms with Crippen molar-refractivity contribution in [1.29, 1.82) is 0 Å². The second-order valence-corrected chi connectivity index (χ2v) is 9.59. The molecule has 0 saturated carbocycles. The molecule has 2 N–H and O–H groups in total. The van der Waals surface area contributed by atoms with Gasteiger partial charge in [-0.25, -0.2) is 8.42 Å². The van der Waals surface area contributed by atoms with E-state index < -0.39 is 10.0 Å². The van der Waals surface area contributed by atoms with E-state index in [0.29, 0.717) is 16.8 Å². The molecule has 1 amide bonds. The number of nitrogens with one attached hydrogen (secondary N) is 2. The molecular formula is C25H28N2O3S. The smallest absolute Gasteiger partial charge is 0.262 e. The van der Waals surface area contributed by atoms with E-state index >= 15 is 0 Å². The lowest BCUT2D eigenvalue weighted by molar-refractivity contribution is 0.0939. The maximum Gasteiger partial charge on any atom is 0.262 e. The number of aryl methyl sites for hydroxylation is 3. The summed E-state index contributed by atoms with van der Waals surface area (Å²) in [5, 5.41) is 2.94. The summed E-state index contributed by atoms with van der Waals surface area (Å²) in [5.74, 6) is -0.323. The molecular weight excluding hydrogens is 408 g/mol. The van der Waals surface area contributed by atoms with Crippen LogP contribution in [0.2, 0.25) is 0 Å². The SMILES string of the molecule is Cc1ccc([C@H](C)NC(=O)c2ccc(C)c(S(=O)(=O)Nc3cccc(C)c3C)c2)cc1. The number of carbonyl (C=O) groups is 1. The highest BCUT2D eigenvalue weighted by atomic mass is 32.2. The van der Waals surface area contributed by atoms with Gasteiger partial charge in [0, 0.05) is 5.56 Å². The maximum absolute atomic E-state index is 13.1. The molecule has 3 rings (SSSR count). The Morgan fingerprint density at radius 2 is 1.55 bits per heavy atom. The molecule has 0 aliphatic carbocycles. The van der Waals surface area contributed by atoms with Crippen molar-refractivity contribution in [3.05, 3.63) is 94.0 Å². The zero-order valence-electron chi connectivity index (χ0n) is 18.5. The monoisotopic (exact) mass is 436 g/mol. The van der Waals surface area contributed by atoms with Crippen molar-refractivity contribution in [3.8, 4) is 0 Å². The predicted octanol–water partition coefficient (Wildman–Crippen LogP) is 5.21. The van der Waals surface area contributed by atoms with Gasteiger partial charge in [-0.05, 0) is 75.1 Å². The Bertz CT molecular complexity index is 1220. The van der Waals surface area contributed by atoms with Gasteiger partial charge in [0.15, 0.2) is 0 Å². The van der Waals surface area contributed by atoms with E-state index in [9.17, 15) is 13.2 Å². The molecule has 0 saturated heterocycles. The highest BCUT2D eigenvalue weighted by Gasteiger charge is 2.21. The fraction of sp³-hybridized carbons (Fsp3) is 0.240. The predicted molar refractivity (Wildman–Crippen MR) is 125 cm³/mol. The van der Waals surface area contributed by atoms with Crippen LogP contribution in [0.5, 0.6) is 0 Å². The van der Waals surface area contributed by atoms with Crippen LogP contribution in [0.1, 0.15) is 51.1 Å². The molecule has 0 aromatic heterocycles. The summed E-state index contributed by atoms with van der Waals surface area (Å²) in [7, 11) is -3.85. The molecule has 0 spiro atoms. The van der Waals surface area contributed by atoms with E-state index in [4.69, 9.17) is 0 Å². The lowest BCUT2D eigenvalue weighted by atomic mass is 10.1. The number of amides is 1. The van der Waals surface area contributed by atoms with Crippen LogP contribution in [0.3, 0.4) is 0 Å². The topological polar surface area (TPSA) is 75.3 Å². The molecule has 0 fully saturated rings. The first-order chi connectivity index (χ1) is 14.6. The van der Waals surface area contributed by atoms with E-state index in [0.717, 1.165) is 22.3 Å². The number of hydrogen-bond donors (Lipinski definition) is 2. The van der Waals surface area contributed by atoms with Crippen molar-refractivity contribution < 1.29 is 13.2 Å². The van der Waals surface area contributed by atoms with Crippen molar-refractivity contribution in [2.24, 2.45) is 0 Å². The van der Waals surface area contributed by atoms with Crippen LogP contribution in [0.15, 0.2) is 65.6 Å². The van der Waals surface area contributed by atoms with Crippen LogP contribution in [0, 0.1) is 27.7 Å². The molecule has 31 heavy (non-hydrogen) atoms. The molecule has 0 bridgehead atoms. The molecule has 0 aliphatic rings. The van der Waals surface area contributed by atoms with Gasteiger partial charge in [0.1, 0.15) is 0 Å². The fourth-order valence-corrected chi connectivity index (χ4v) is 4.71. The van der Waals surface area contributed by atoms with Crippen molar-refractivity contribution in [3.63, 3.8) is 0 Å². The largest absolute Gasteiger partial charge is 0.346 e. The number of benzene rings is 3. The zero-order valence-corrected chi connectivity index (χ0v) is 19.3. The van der Waals surface area contributed by atoms with Crippen LogP contribution >= 0.6 is 0 Å². The Kier molecular flexibility index (Phi) is 6.51. The summed E-state index contributed by atoms with van der Waals surface area (Å²) >= 11 is 0. The van der Waals surface area contributed by atoms with E-state index in [1.54, 1.807) is 25.1 Å². The van der Waals surface area contributed by atoms with Crippen molar-refractivity contribution in [1.82, 2.24) is 5.32 Å². The van der Waals surface area contributed by atoms with E-state index in [1.165, 1.54) is 6.07 Å². The lowest BCUT2D eigenvalue weighted by Gasteiger charge is -2.17. The minimum Gasteiger partial charge on any atom is -0.346 e. The Balaban J connectivity index is 1.85. The van der Waals surface area contributed by atoms with Crippen LogP contribution in [-0.2, 0) is 10.0 Å². The Hall–Kier alpha value is -3.12. The highest BCUT2D eigenvalue weighted by molar-refractivity contribution is 7.92. The summed E-state index contributed by atoms with van der Waals surface area (Å²) in [5.41, 5.74) is 5.39. The van der Waals surface area contributed by atoms with Gasteiger partial charge in [-0.1, -0.05) is 48.0 Å². The van der Waals surface area contributed by atoms with Crippen LogP contribution < -0.4 is 10.0 Å². The second kappa shape index (κ2) is 8.94. The molecule has 0 radical (unpaired) electrons. The van der Waals surface area contributed by atoms with E-state index in [-0.39, 0.29) is 16.8 Å². The molecule has 5 nitrogen and oxygen atoms in total. The Morgan fingerprint density at radius 1 is 0.871 bits per heavy atom. The van der Waals surface area contributed by atoms with Gasteiger partial charge in [0.05, 0.1) is 16.6 Å². The van der Waals surface area contributed by atoms with E-state index in [1.807, 2.05) is 64.1 Å². The third kappa shape index (κ3) is 5.14. The van der Waals surface area contributed by atoms with Crippen molar-refractivity contribution in [2.45, 2.75) is 45.6 Å². The number of anilines is 1. The van der Waals surface area contributed by atoms with Crippen molar-refractivity contribution >= 4 is 21.6 Å². The number of sulfonamides is 1. The molecule has 162 valence electrons. The summed E-state index contributed by atoms with van der Waals surface area (Å²) in [6.45, 7) is 9.42. The molecule has 3 aromatic carbocycles. The van der Waals surface area contributed by atoms with Gasteiger partial charge in [0.25, 0.3) is 15.9 Å². The third-order valence-corrected chi connectivity index (χ3v) is 7.02. The van der Waals surface area contributed by atoms with Crippen molar-refractivity contribution in [2.75, 3.05) is 4.72 Å². The summed E-state index contributed by atoms with van der Waals surface area (Å²) in [6, 6.07) is 17.9. The standard InChI is InChI=1S/C25H28N2O3S/c1-16-9-12-21(13-10-16)20(5)26-25(28)22-14-11-18(3)24(15-22)31(29,30)27-23-8-6-7-17(2)19(23)4/h6-15,20,27H,1-5H3,(H,26,28)/t20-/m0/s1. The van der Waals surface area contributed by atoms with Gasteiger partial charge in [-0.3, -0.25) is 9.52 Å². The quantitative estimate of drug-likeness (QED) is 0.557. The first kappa shape index (κ1) is 22.6. The normalized spacial score (nSPS) is 12.3. The maximum atomic E-state index is 13.1. The van der Waals surface area contributed by atoms with Crippen LogP contribution in [0.4, 0.5) is 5.69 Å². The summed E-state index contributed by atoms with van der Waals surface area (Å²) in [4.78, 5) is 12.9. The van der Waals surface area contributed by atoms with Gasteiger partial charge < -0.3 is 5.32 Å². The van der Waals surface area contributed by atoms with Crippen LogP contribution in [-0.4, -0.2) is 14.3 Å². The first-order valence-corrected chi connectivity index (χ1v) is 11.6. The fourth-order valence-electron chi connectivity index (χ4n) is 3.31. The van der Waals surface area contributed by atoms with Gasteiger partial charge in [-0.2, -0.15) is 0 Å². The highest BCUT2D eigenvalue weighted by Crippen LogP contribution is 2.25. The van der Waals surface area contributed by atoms with Gasteiger partial charge in [0.2, 0.25) is 0 Å². The number of rotatable bonds is 6. The number of carbonyl (C=O) groups excluding carboxylic acids is 1. The minimum absolute atomic E-state index is 0.0871. The second-order valence-electron chi connectivity index (χ2n) is 7.94. The Morgan fingerprint density at radius 3 is 2.23 bits per heavy atom. The van der Waals surface area contributed by atoms with Gasteiger partial charge in [-0.15, -0.1) is 0 Å². The summed E-state index contributed by atoms with van der Waals surface area (Å²) < 4.78 is 28.9. The van der Waals surface area contributed by atoms with E-state index in [2.05, 4.69) is 10.0 Å². The molecule has 0 aliphatic heterocycles. The molecule has 3 aromatic rings. The number of hydrogen-bond acceptors (Lipinski definition) is 3. The van der Waals surface area contributed by atoms with Crippen LogP contribution in [0.25, 0.3) is 0 Å². The first-order valence-electron chi connectivity index (χ1n) is 10.2. The molecule has 6 heteroatoms. The minimum atomic E-state index is -3.85. The molecule has 0 unspecified atom stereocenters. The average Bonchev–Trinajstić information content (AvgIpc) is 2.72. The zero-order chi connectivity index (χ0) is 22.8. The average molecular weight is 437 g/mol.